The average Bonchev–Trinajstić information content (AvgIpc) is 2.77. The van der Waals surface area contributed by atoms with Crippen molar-refractivity contribution in [2.24, 2.45) is 5.10 Å². The summed E-state index contributed by atoms with van der Waals surface area (Å²) in [7, 11) is 0. The minimum Gasteiger partial charge on any atom is -0.490 e. The molecule has 0 aliphatic carbocycles. The summed E-state index contributed by atoms with van der Waals surface area (Å²) in [5.74, 6) is 1.20. The largest absolute Gasteiger partial charge is 0.490 e. The van der Waals surface area contributed by atoms with Crippen LogP contribution < -0.4 is 14.9 Å². The summed E-state index contributed by atoms with van der Waals surface area (Å²) in [5.41, 5.74) is 5.07. The number of carbonyl (C=O) groups is 1. The Morgan fingerprint density at radius 1 is 0.903 bits per heavy atom. The molecule has 5 heteroatoms. The van der Waals surface area contributed by atoms with E-state index in [1.807, 2.05) is 44.2 Å². The van der Waals surface area contributed by atoms with Crippen LogP contribution in [-0.2, 0) is 0 Å². The molecule has 0 fully saturated rings. The van der Waals surface area contributed by atoms with Crippen molar-refractivity contribution in [2.75, 3.05) is 13.2 Å². The Morgan fingerprint density at radius 2 is 1.61 bits per heavy atom. The van der Waals surface area contributed by atoms with Gasteiger partial charge in [-0.15, -0.1) is 0 Å². The monoisotopic (exact) mass is 424 g/mol. The van der Waals surface area contributed by atoms with Crippen molar-refractivity contribution < 1.29 is 14.3 Å². The molecule has 2 aromatic rings. The van der Waals surface area contributed by atoms with E-state index >= 15 is 0 Å². The Labute approximate surface area is 186 Å². The lowest BCUT2D eigenvalue weighted by Crippen LogP contribution is -2.17. The first-order chi connectivity index (χ1) is 15.1. The lowest BCUT2D eigenvalue weighted by atomic mass is 10.1. The molecule has 0 bridgehead atoms. The maximum absolute atomic E-state index is 12.1. The first kappa shape index (κ1) is 24.4. The van der Waals surface area contributed by atoms with Crippen LogP contribution in [-0.4, -0.2) is 25.3 Å². The second-order valence-corrected chi connectivity index (χ2v) is 7.67. The van der Waals surface area contributed by atoms with E-state index in [2.05, 4.69) is 17.5 Å². The summed E-state index contributed by atoms with van der Waals surface area (Å²) >= 11 is 0. The van der Waals surface area contributed by atoms with Crippen LogP contribution in [0.15, 0.2) is 47.6 Å². The van der Waals surface area contributed by atoms with E-state index in [1.165, 1.54) is 38.5 Å². The van der Waals surface area contributed by atoms with Gasteiger partial charge in [0.05, 0.1) is 19.4 Å². The van der Waals surface area contributed by atoms with Crippen LogP contribution >= 0.6 is 0 Å². The van der Waals surface area contributed by atoms with E-state index < -0.39 is 0 Å². The van der Waals surface area contributed by atoms with E-state index in [9.17, 15) is 4.79 Å². The fraction of sp³-hybridized carbons (Fsp3) is 0.462. The van der Waals surface area contributed by atoms with Gasteiger partial charge in [-0.1, -0.05) is 63.1 Å². The molecule has 1 N–H and O–H groups in total. The Bertz CT molecular complexity index is 816. The number of hydrogen-bond acceptors (Lipinski definition) is 4. The van der Waals surface area contributed by atoms with Gasteiger partial charge < -0.3 is 9.47 Å². The van der Waals surface area contributed by atoms with E-state index in [1.54, 1.807) is 18.3 Å². The zero-order chi connectivity index (χ0) is 22.3. The van der Waals surface area contributed by atoms with Crippen molar-refractivity contribution in [3.8, 4) is 11.5 Å². The maximum Gasteiger partial charge on any atom is 0.271 e. The quantitative estimate of drug-likeness (QED) is 0.220. The molecule has 0 aliphatic rings. The zero-order valence-electron chi connectivity index (χ0n) is 19.2. The van der Waals surface area contributed by atoms with Crippen LogP contribution in [0.4, 0.5) is 0 Å². The third kappa shape index (κ3) is 9.24. The molecule has 0 aliphatic heterocycles. The van der Waals surface area contributed by atoms with Crippen molar-refractivity contribution in [1.82, 2.24) is 5.43 Å². The molecule has 0 saturated carbocycles. The molecule has 2 rings (SSSR count). The molecule has 0 saturated heterocycles. The highest BCUT2D eigenvalue weighted by atomic mass is 16.5. The normalized spacial score (nSPS) is 10.9. The number of rotatable bonds is 14. The Balaban J connectivity index is 1.83. The molecule has 0 spiro atoms. The molecule has 0 aromatic heterocycles. The number of carbonyl (C=O) groups excluding carboxylic acids is 1. The predicted molar refractivity (Wildman–Crippen MR) is 127 cm³/mol. The van der Waals surface area contributed by atoms with Crippen LogP contribution in [0.25, 0.3) is 0 Å². The highest BCUT2D eigenvalue weighted by Gasteiger charge is 2.07. The summed E-state index contributed by atoms with van der Waals surface area (Å²) in [6.45, 7) is 7.41. The summed E-state index contributed by atoms with van der Waals surface area (Å²) in [5, 5.41) is 4.07. The minimum absolute atomic E-state index is 0.240. The van der Waals surface area contributed by atoms with Crippen molar-refractivity contribution in [3.63, 3.8) is 0 Å². The van der Waals surface area contributed by atoms with Gasteiger partial charge in [-0.25, -0.2) is 5.43 Å². The topological polar surface area (TPSA) is 59.9 Å². The number of nitrogens with one attached hydrogen (secondary N) is 1. The lowest BCUT2D eigenvalue weighted by molar-refractivity contribution is 0.0955. The molecule has 0 atom stereocenters. The summed E-state index contributed by atoms with van der Waals surface area (Å²) in [6.07, 6.45) is 10.4. The molecule has 0 heterocycles. The van der Waals surface area contributed by atoms with Crippen molar-refractivity contribution in [3.05, 3.63) is 59.2 Å². The van der Waals surface area contributed by atoms with Crippen LogP contribution in [0.5, 0.6) is 11.5 Å². The molecule has 0 radical (unpaired) electrons. The van der Waals surface area contributed by atoms with Crippen LogP contribution in [0.2, 0.25) is 0 Å². The number of hydrazone groups is 1. The number of benzene rings is 2. The minimum atomic E-state index is -0.240. The standard InChI is InChI=1S/C26H36N2O3/c1-4-6-7-8-9-10-11-18-31-24-17-14-22(19-25(24)30-5-2)20-27-28-26(29)23-15-12-21(3)13-16-23/h12-17,19-20H,4-11,18H2,1-3H3,(H,28,29)/b27-20-. The van der Waals surface area contributed by atoms with E-state index in [0.717, 1.165) is 23.3 Å². The van der Waals surface area contributed by atoms with Crippen molar-refractivity contribution >= 4 is 12.1 Å². The van der Waals surface area contributed by atoms with E-state index in [0.29, 0.717) is 24.5 Å². The third-order valence-corrected chi connectivity index (χ3v) is 4.97. The zero-order valence-corrected chi connectivity index (χ0v) is 19.2. The highest BCUT2D eigenvalue weighted by Crippen LogP contribution is 2.28. The second-order valence-electron chi connectivity index (χ2n) is 7.67. The van der Waals surface area contributed by atoms with Crippen LogP contribution in [0.3, 0.4) is 0 Å². The first-order valence-corrected chi connectivity index (χ1v) is 11.4. The van der Waals surface area contributed by atoms with Gasteiger partial charge in [0.2, 0.25) is 0 Å². The summed E-state index contributed by atoms with van der Waals surface area (Å²) in [6, 6.07) is 13.1. The van der Waals surface area contributed by atoms with Gasteiger partial charge in [-0.05, 0) is 56.2 Å². The van der Waals surface area contributed by atoms with Gasteiger partial charge in [-0.3, -0.25) is 4.79 Å². The smallest absolute Gasteiger partial charge is 0.271 e. The molecular weight excluding hydrogens is 388 g/mol. The van der Waals surface area contributed by atoms with Crippen molar-refractivity contribution in [2.45, 2.75) is 65.7 Å². The molecule has 2 aromatic carbocycles. The summed E-state index contributed by atoms with van der Waals surface area (Å²) in [4.78, 5) is 12.1. The fourth-order valence-electron chi connectivity index (χ4n) is 3.17. The predicted octanol–water partition coefficient (Wildman–Crippen LogP) is 6.29. The number of aryl methyl sites for hydroxylation is 1. The number of hydrogen-bond donors (Lipinski definition) is 1. The van der Waals surface area contributed by atoms with Gasteiger partial charge in [0.25, 0.3) is 5.91 Å². The summed E-state index contributed by atoms with van der Waals surface area (Å²) < 4.78 is 11.7. The molecule has 31 heavy (non-hydrogen) atoms. The van der Waals surface area contributed by atoms with E-state index in [4.69, 9.17) is 9.47 Å². The van der Waals surface area contributed by atoms with Crippen LogP contribution in [0.1, 0.15) is 80.3 Å². The van der Waals surface area contributed by atoms with Gasteiger partial charge in [0.1, 0.15) is 0 Å². The Morgan fingerprint density at radius 3 is 2.32 bits per heavy atom. The van der Waals surface area contributed by atoms with Gasteiger partial charge in [0, 0.05) is 5.56 Å². The average molecular weight is 425 g/mol. The maximum atomic E-state index is 12.1. The number of ether oxygens (including phenoxy) is 2. The number of unbranched alkanes of at least 4 members (excludes halogenated alkanes) is 6. The van der Waals surface area contributed by atoms with E-state index in [-0.39, 0.29) is 5.91 Å². The molecule has 5 nitrogen and oxygen atoms in total. The van der Waals surface area contributed by atoms with Gasteiger partial charge >= 0.3 is 0 Å². The van der Waals surface area contributed by atoms with Gasteiger partial charge in [0.15, 0.2) is 11.5 Å². The van der Waals surface area contributed by atoms with Crippen molar-refractivity contribution in [1.29, 1.82) is 0 Å². The lowest BCUT2D eigenvalue weighted by Gasteiger charge is -2.12. The molecular formula is C26H36N2O3. The third-order valence-electron chi connectivity index (χ3n) is 4.97. The molecule has 1 amide bonds. The number of amides is 1. The van der Waals surface area contributed by atoms with Gasteiger partial charge in [-0.2, -0.15) is 5.10 Å². The fourth-order valence-corrected chi connectivity index (χ4v) is 3.17. The molecule has 168 valence electrons. The Hall–Kier alpha value is -2.82. The first-order valence-electron chi connectivity index (χ1n) is 11.4. The highest BCUT2D eigenvalue weighted by molar-refractivity contribution is 5.94. The number of nitrogens with zero attached hydrogens (tertiary/aromatic N) is 1. The molecule has 0 unspecified atom stereocenters. The SMILES string of the molecule is CCCCCCCCCOc1ccc(/C=N\NC(=O)c2ccc(C)cc2)cc1OCC. The second kappa shape index (κ2) is 14.2. The Kier molecular flexibility index (Phi) is 11.2. The van der Waals surface area contributed by atoms with Crippen LogP contribution in [0, 0.1) is 6.92 Å².